The molecule has 1 N–H and O–H groups in total. The molecule has 0 aromatic heterocycles. The van der Waals surface area contributed by atoms with E-state index in [1.807, 2.05) is 44.2 Å². The van der Waals surface area contributed by atoms with Gasteiger partial charge in [0.25, 0.3) is 5.91 Å². The molecule has 5 nitrogen and oxygen atoms in total. The Bertz CT molecular complexity index is 1020. The topological polar surface area (TPSA) is 58.6 Å². The summed E-state index contributed by atoms with van der Waals surface area (Å²) < 4.78 is 19.6. The molecular weight excluding hydrogens is 443 g/mol. The lowest BCUT2D eigenvalue weighted by molar-refractivity contribution is -0.170. The van der Waals surface area contributed by atoms with Crippen molar-refractivity contribution in [1.29, 1.82) is 0 Å². The van der Waals surface area contributed by atoms with E-state index in [1.54, 1.807) is 25.1 Å². The fourth-order valence-electron chi connectivity index (χ4n) is 5.53. The summed E-state index contributed by atoms with van der Waals surface area (Å²) >= 11 is 0. The molecule has 2 aliphatic rings. The molecule has 188 valence electrons. The molecule has 2 atom stereocenters. The Morgan fingerprint density at radius 3 is 2.43 bits per heavy atom. The highest BCUT2D eigenvalue weighted by Gasteiger charge is 2.46. The van der Waals surface area contributed by atoms with Crippen molar-refractivity contribution in [1.82, 2.24) is 10.2 Å². The molecule has 0 spiro atoms. The molecule has 2 aliphatic heterocycles. The standard InChI is InChI=1S/C29H37FN2O3/c1-20(2)29(28(34)31-18-22-5-4-6-25(17-22)21(3)33)14-11-27(19-35-29)32-15-12-24(13-16-32)23-7-9-26(30)10-8-23/h4-10,17,20,24,27H,11-16,18-19H2,1-3H3,(H,31,34)/t27-,29+/m1/s1. The molecule has 2 saturated heterocycles. The number of Topliss-reactive ketones (excluding diaryl/α,β-unsaturated/α-hetero) is 1. The SMILES string of the molecule is CC(=O)c1cccc(CNC(=O)[C@@]2(C(C)C)CC[C@@H](N3CCC(c4ccc(F)cc4)CC3)CO2)c1. The molecule has 2 aromatic rings. The number of ether oxygens (including phenoxy) is 1. The third-order valence-corrected chi connectivity index (χ3v) is 7.87. The number of rotatable bonds is 7. The van der Waals surface area contributed by atoms with Gasteiger partial charge in [0, 0.05) is 18.2 Å². The van der Waals surface area contributed by atoms with Crippen molar-refractivity contribution in [2.75, 3.05) is 19.7 Å². The van der Waals surface area contributed by atoms with Gasteiger partial charge < -0.3 is 10.1 Å². The maximum absolute atomic E-state index is 13.3. The number of nitrogens with zero attached hydrogens (tertiary/aromatic N) is 1. The normalized spacial score (nSPS) is 23.9. The van der Waals surface area contributed by atoms with Crippen LogP contribution >= 0.6 is 0 Å². The predicted octanol–water partition coefficient (Wildman–Crippen LogP) is 5.10. The van der Waals surface area contributed by atoms with E-state index in [4.69, 9.17) is 4.74 Å². The van der Waals surface area contributed by atoms with Crippen LogP contribution in [0.5, 0.6) is 0 Å². The van der Waals surface area contributed by atoms with Crippen molar-refractivity contribution in [3.8, 4) is 0 Å². The average Bonchev–Trinajstić information content (AvgIpc) is 2.88. The largest absolute Gasteiger partial charge is 0.363 e. The number of likely N-dealkylation sites (tertiary alicyclic amines) is 1. The summed E-state index contributed by atoms with van der Waals surface area (Å²) in [6.45, 7) is 8.54. The lowest BCUT2D eigenvalue weighted by atomic mass is 9.80. The van der Waals surface area contributed by atoms with Crippen molar-refractivity contribution in [3.05, 3.63) is 71.0 Å². The van der Waals surface area contributed by atoms with Gasteiger partial charge in [-0.1, -0.05) is 44.2 Å². The number of hydrogen-bond donors (Lipinski definition) is 1. The summed E-state index contributed by atoms with van der Waals surface area (Å²) in [5.74, 6) is 0.275. The zero-order valence-electron chi connectivity index (χ0n) is 21.1. The molecule has 0 unspecified atom stereocenters. The Hall–Kier alpha value is -2.57. The maximum atomic E-state index is 13.3. The number of nitrogens with one attached hydrogen (secondary N) is 1. The van der Waals surface area contributed by atoms with Crippen molar-refractivity contribution >= 4 is 11.7 Å². The number of halogens is 1. The van der Waals surface area contributed by atoms with Gasteiger partial charge in [0.1, 0.15) is 11.4 Å². The van der Waals surface area contributed by atoms with Crippen LogP contribution < -0.4 is 5.32 Å². The average molecular weight is 481 g/mol. The number of ketones is 1. The molecule has 0 bridgehead atoms. The summed E-state index contributed by atoms with van der Waals surface area (Å²) in [6, 6.07) is 14.6. The fraction of sp³-hybridized carbons (Fsp3) is 0.517. The first kappa shape index (κ1) is 25.5. The second kappa shape index (κ2) is 11.0. The Labute approximate surface area is 208 Å². The number of piperidine rings is 1. The van der Waals surface area contributed by atoms with Crippen molar-refractivity contribution < 1.29 is 18.7 Å². The van der Waals surface area contributed by atoms with Gasteiger partial charge in [-0.3, -0.25) is 14.5 Å². The van der Waals surface area contributed by atoms with E-state index in [0.717, 1.165) is 37.9 Å². The second-order valence-corrected chi connectivity index (χ2v) is 10.3. The monoisotopic (exact) mass is 480 g/mol. The minimum absolute atomic E-state index is 0.0141. The number of carbonyl (C=O) groups is 2. The maximum Gasteiger partial charge on any atom is 0.252 e. The Morgan fingerprint density at radius 2 is 1.83 bits per heavy atom. The molecule has 0 saturated carbocycles. The number of carbonyl (C=O) groups excluding carboxylic acids is 2. The molecular formula is C29H37FN2O3. The Balaban J connectivity index is 1.31. The zero-order chi connectivity index (χ0) is 25.0. The second-order valence-electron chi connectivity index (χ2n) is 10.3. The molecule has 2 fully saturated rings. The van der Waals surface area contributed by atoms with Gasteiger partial charge in [-0.25, -0.2) is 4.39 Å². The first-order valence-electron chi connectivity index (χ1n) is 12.8. The van der Waals surface area contributed by atoms with E-state index in [0.29, 0.717) is 37.1 Å². The van der Waals surface area contributed by atoms with Gasteiger partial charge in [-0.05, 0) is 86.9 Å². The van der Waals surface area contributed by atoms with Crippen molar-refractivity contribution in [2.45, 2.75) is 70.6 Å². The lowest BCUT2D eigenvalue weighted by Crippen LogP contribution is -2.58. The van der Waals surface area contributed by atoms with Crippen LogP contribution in [0.15, 0.2) is 48.5 Å². The highest BCUT2D eigenvalue weighted by molar-refractivity contribution is 5.94. The van der Waals surface area contributed by atoms with Gasteiger partial charge in [0.15, 0.2) is 5.78 Å². The quantitative estimate of drug-likeness (QED) is 0.561. The van der Waals surface area contributed by atoms with E-state index >= 15 is 0 Å². The first-order chi connectivity index (χ1) is 16.8. The van der Waals surface area contributed by atoms with E-state index in [9.17, 15) is 14.0 Å². The van der Waals surface area contributed by atoms with Crippen molar-refractivity contribution in [3.63, 3.8) is 0 Å². The third kappa shape index (κ3) is 5.81. The number of amides is 1. The smallest absolute Gasteiger partial charge is 0.252 e. The van der Waals surface area contributed by atoms with Crippen LogP contribution in [0, 0.1) is 11.7 Å². The van der Waals surface area contributed by atoms with Gasteiger partial charge in [0.2, 0.25) is 0 Å². The van der Waals surface area contributed by atoms with Crippen LogP contribution in [-0.2, 0) is 16.1 Å². The molecule has 4 rings (SSSR count). The molecule has 2 heterocycles. The third-order valence-electron chi connectivity index (χ3n) is 7.87. The van der Waals surface area contributed by atoms with Gasteiger partial charge in [-0.15, -0.1) is 0 Å². The molecule has 1 amide bonds. The van der Waals surface area contributed by atoms with Crippen LogP contribution in [-0.4, -0.2) is 47.9 Å². The molecule has 0 radical (unpaired) electrons. The van der Waals surface area contributed by atoms with E-state index in [2.05, 4.69) is 10.2 Å². The van der Waals surface area contributed by atoms with E-state index in [-0.39, 0.29) is 23.4 Å². The summed E-state index contributed by atoms with van der Waals surface area (Å²) in [5.41, 5.74) is 1.94. The molecule has 6 heteroatoms. The molecule has 35 heavy (non-hydrogen) atoms. The Kier molecular flexibility index (Phi) is 8.02. The minimum Gasteiger partial charge on any atom is -0.363 e. The summed E-state index contributed by atoms with van der Waals surface area (Å²) in [4.78, 5) is 27.5. The number of benzene rings is 2. The van der Waals surface area contributed by atoms with Crippen LogP contribution in [0.25, 0.3) is 0 Å². The van der Waals surface area contributed by atoms with Gasteiger partial charge >= 0.3 is 0 Å². The van der Waals surface area contributed by atoms with Crippen LogP contribution in [0.1, 0.15) is 73.9 Å². The van der Waals surface area contributed by atoms with Crippen LogP contribution in [0.4, 0.5) is 4.39 Å². The summed E-state index contributed by atoms with van der Waals surface area (Å²) in [5, 5.41) is 3.06. The summed E-state index contributed by atoms with van der Waals surface area (Å²) in [6.07, 6.45) is 3.72. The molecule has 0 aliphatic carbocycles. The van der Waals surface area contributed by atoms with Gasteiger partial charge in [-0.2, -0.15) is 0 Å². The van der Waals surface area contributed by atoms with Gasteiger partial charge in [0.05, 0.1) is 6.61 Å². The highest BCUT2D eigenvalue weighted by Crippen LogP contribution is 2.36. The first-order valence-corrected chi connectivity index (χ1v) is 12.8. The summed E-state index contributed by atoms with van der Waals surface area (Å²) in [7, 11) is 0. The zero-order valence-corrected chi connectivity index (χ0v) is 21.1. The van der Waals surface area contributed by atoms with E-state index in [1.165, 1.54) is 5.56 Å². The lowest BCUT2D eigenvalue weighted by Gasteiger charge is -2.46. The van der Waals surface area contributed by atoms with Crippen LogP contribution in [0.2, 0.25) is 0 Å². The fourth-order valence-corrected chi connectivity index (χ4v) is 5.53. The van der Waals surface area contributed by atoms with E-state index < -0.39 is 5.60 Å². The Morgan fingerprint density at radius 1 is 1.11 bits per heavy atom. The molecule has 2 aromatic carbocycles. The minimum atomic E-state index is -0.832. The van der Waals surface area contributed by atoms with Crippen LogP contribution in [0.3, 0.4) is 0 Å². The number of hydrogen-bond acceptors (Lipinski definition) is 4. The highest BCUT2D eigenvalue weighted by atomic mass is 19.1. The van der Waals surface area contributed by atoms with Crippen molar-refractivity contribution in [2.24, 2.45) is 5.92 Å². The predicted molar refractivity (Wildman–Crippen MR) is 135 cm³/mol.